The Morgan fingerprint density at radius 2 is 1.95 bits per heavy atom. The van der Waals surface area contributed by atoms with Gasteiger partial charge in [0.1, 0.15) is 6.04 Å². The van der Waals surface area contributed by atoms with Crippen LogP contribution in [0.5, 0.6) is 0 Å². The summed E-state index contributed by atoms with van der Waals surface area (Å²) in [7, 11) is 3.68. The van der Waals surface area contributed by atoms with Gasteiger partial charge in [0, 0.05) is 32.4 Å². The van der Waals surface area contributed by atoms with Crippen LogP contribution in [0, 0.1) is 0 Å². The van der Waals surface area contributed by atoms with Crippen molar-refractivity contribution in [1.82, 2.24) is 14.7 Å². The predicted octanol–water partition coefficient (Wildman–Crippen LogP) is 2.20. The number of hydrogen-bond acceptors (Lipinski definition) is 3. The highest BCUT2D eigenvalue weighted by Gasteiger charge is 2.21. The van der Waals surface area contributed by atoms with Crippen molar-refractivity contribution >= 4 is 5.91 Å². The monoisotopic (exact) mass is 300 g/mol. The van der Waals surface area contributed by atoms with Crippen LogP contribution in [-0.2, 0) is 18.4 Å². The van der Waals surface area contributed by atoms with E-state index in [1.807, 2.05) is 43.6 Å². The second-order valence-electron chi connectivity index (χ2n) is 5.95. The van der Waals surface area contributed by atoms with Gasteiger partial charge in [0.25, 0.3) is 0 Å². The van der Waals surface area contributed by atoms with Crippen LogP contribution < -0.4 is 5.73 Å². The van der Waals surface area contributed by atoms with Gasteiger partial charge >= 0.3 is 0 Å². The Morgan fingerprint density at radius 3 is 2.55 bits per heavy atom. The number of carbonyl (C=O) groups is 1. The van der Waals surface area contributed by atoms with Crippen LogP contribution in [0.15, 0.2) is 36.5 Å². The molecule has 5 nitrogen and oxygen atoms in total. The number of nitrogens with zero attached hydrogens (tertiary/aromatic N) is 3. The van der Waals surface area contributed by atoms with Crippen LogP contribution >= 0.6 is 0 Å². The van der Waals surface area contributed by atoms with E-state index in [4.69, 9.17) is 5.73 Å². The minimum atomic E-state index is -0.634. The van der Waals surface area contributed by atoms with Crippen molar-refractivity contribution in [1.29, 1.82) is 0 Å². The zero-order valence-corrected chi connectivity index (χ0v) is 13.7. The van der Waals surface area contributed by atoms with Gasteiger partial charge in [-0.05, 0) is 11.5 Å². The number of amides is 1. The average molecular weight is 300 g/mol. The molecule has 0 radical (unpaired) electrons. The first-order valence-corrected chi connectivity index (χ1v) is 7.48. The van der Waals surface area contributed by atoms with E-state index in [2.05, 4.69) is 18.9 Å². The lowest BCUT2D eigenvalue weighted by Crippen LogP contribution is -2.35. The van der Waals surface area contributed by atoms with Crippen LogP contribution in [0.1, 0.15) is 42.6 Å². The molecule has 0 saturated heterocycles. The number of carbonyl (C=O) groups excluding carboxylic acids is 1. The molecule has 2 rings (SSSR count). The highest BCUT2D eigenvalue weighted by atomic mass is 16.2. The quantitative estimate of drug-likeness (QED) is 0.920. The van der Waals surface area contributed by atoms with E-state index in [1.54, 1.807) is 16.6 Å². The van der Waals surface area contributed by atoms with Crippen molar-refractivity contribution in [2.45, 2.75) is 32.4 Å². The van der Waals surface area contributed by atoms with Crippen LogP contribution in [0.4, 0.5) is 0 Å². The van der Waals surface area contributed by atoms with Gasteiger partial charge in [-0.25, -0.2) is 0 Å². The van der Waals surface area contributed by atoms with E-state index >= 15 is 0 Å². The maximum absolute atomic E-state index is 12.5. The van der Waals surface area contributed by atoms with Crippen LogP contribution in [0.25, 0.3) is 0 Å². The summed E-state index contributed by atoms with van der Waals surface area (Å²) in [6.45, 7) is 4.72. The van der Waals surface area contributed by atoms with E-state index in [0.717, 1.165) is 16.8 Å². The molecule has 2 N–H and O–H groups in total. The highest BCUT2D eigenvalue weighted by Crippen LogP contribution is 2.20. The van der Waals surface area contributed by atoms with Gasteiger partial charge in [-0.3, -0.25) is 9.48 Å². The summed E-state index contributed by atoms with van der Waals surface area (Å²) in [5.74, 6) is 0.229. The number of likely N-dealkylation sites (N-methyl/N-ethyl adjacent to an activating group) is 1. The molecule has 0 fully saturated rings. The van der Waals surface area contributed by atoms with Gasteiger partial charge in [0.15, 0.2) is 0 Å². The molecule has 2 aromatic rings. The summed E-state index contributed by atoms with van der Waals surface area (Å²) < 4.78 is 1.79. The lowest BCUT2D eigenvalue weighted by molar-refractivity contribution is -0.132. The largest absolute Gasteiger partial charge is 0.340 e. The molecule has 0 aliphatic heterocycles. The standard InChI is InChI=1S/C17H24N4O/c1-12(2)16-14(11-21(4)19-16)10-20(3)17(22)15(18)13-8-6-5-7-9-13/h5-9,11-12,15H,10,18H2,1-4H3/t15-/m0/s1. The van der Waals surface area contributed by atoms with E-state index in [-0.39, 0.29) is 5.91 Å². The third kappa shape index (κ3) is 3.54. The van der Waals surface area contributed by atoms with Crippen molar-refractivity contribution in [3.63, 3.8) is 0 Å². The molecule has 0 saturated carbocycles. The van der Waals surface area contributed by atoms with Crippen molar-refractivity contribution in [3.05, 3.63) is 53.3 Å². The maximum atomic E-state index is 12.5. The van der Waals surface area contributed by atoms with E-state index in [9.17, 15) is 4.79 Å². The van der Waals surface area contributed by atoms with Crippen LogP contribution in [0.3, 0.4) is 0 Å². The Labute approximate surface area is 131 Å². The molecule has 0 spiro atoms. The zero-order valence-electron chi connectivity index (χ0n) is 13.7. The molecule has 118 valence electrons. The lowest BCUT2D eigenvalue weighted by atomic mass is 10.0. The van der Waals surface area contributed by atoms with Gasteiger partial charge in [-0.1, -0.05) is 44.2 Å². The SMILES string of the molecule is CC(C)c1nn(C)cc1CN(C)C(=O)[C@@H](N)c1ccccc1. The fraction of sp³-hybridized carbons (Fsp3) is 0.412. The van der Waals surface area contributed by atoms with E-state index in [1.165, 1.54) is 0 Å². The first kappa shape index (κ1) is 16.2. The summed E-state index contributed by atoms with van der Waals surface area (Å²) in [5.41, 5.74) is 9.00. The smallest absolute Gasteiger partial charge is 0.244 e. The number of aryl methyl sites for hydroxylation is 1. The Hall–Kier alpha value is -2.14. The molecule has 5 heteroatoms. The molecule has 0 aliphatic rings. The van der Waals surface area contributed by atoms with Gasteiger partial charge in [0.05, 0.1) is 5.69 Å². The summed E-state index contributed by atoms with van der Waals surface area (Å²) in [6.07, 6.45) is 1.97. The molecule has 0 unspecified atom stereocenters. The van der Waals surface area contributed by atoms with Crippen molar-refractivity contribution in [3.8, 4) is 0 Å². The highest BCUT2D eigenvalue weighted by molar-refractivity contribution is 5.82. The molecule has 0 bridgehead atoms. The fourth-order valence-electron chi connectivity index (χ4n) is 2.54. The van der Waals surface area contributed by atoms with Crippen molar-refractivity contribution in [2.75, 3.05) is 7.05 Å². The topological polar surface area (TPSA) is 64.2 Å². The Balaban J connectivity index is 2.12. The maximum Gasteiger partial charge on any atom is 0.244 e. The molecule has 0 aliphatic carbocycles. The molecule has 1 aromatic carbocycles. The van der Waals surface area contributed by atoms with Crippen LogP contribution in [-0.4, -0.2) is 27.6 Å². The summed E-state index contributed by atoms with van der Waals surface area (Å²) in [4.78, 5) is 14.2. The molecular formula is C17H24N4O. The van der Waals surface area contributed by atoms with Crippen LogP contribution in [0.2, 0.25) is 0 Å². The molecule has 1 aromatic heterocycles. The number of aromatic nitrogens is 2. The first-order chi connectivity index (χ1) is 10.4. The summed E-state index contributed by atoms with van der Waals surface area (Å²) in [5, 5.41) is 4.47. The van der Waals surface area contributed by atoms with E-state index in [0.29, 0.717) is 12.5 Å². The van der Waals surface area contributed by atoms with Gasteiger partial charge < -0.3 is 10.6 Å². The molecule has 22 heavy (non-hydrogen) atoms. The second-order valence-corrected chi connectivity index (χ2v) is 5.95. The lowest BCUT2D eigenvalue weighted by Gasteiger charge is -2.22. The minimum Gasteiger partial charge on any atom is -0.340 e. The van der Waals surface area contributed by atoms with Gasteiger partial charge in [-0.2, -0.15) is 5.10 Å². The number of rotatable bonds is 5. The summed E-state index contributed by atoms with van der Waals surface area (Å²) in [6, 6.07) is 8.81. The number of nitrogens with two attached hydrogens (primary N) is 1. The third-order valence-corrected chi connectivity index (χ3v) is 3.69. The average Bonchev–Trinajstić information content (AvgIpc) is 2.87. The minimum absolute atomic E-state index is 0.0928. The summed E-state index contributed by atoms with van der Waals surface area (Å²) >= 11 is 0. The molecular weight excluding hydrogens is 276 g/mol. The van der Waals surface area contributed by atoms with E-state index < -0.39 is 6.04 Å². The Bertz CT molecular complexity index is 633. The third-order valence-electron chi connectivity index (χ3n) is 3.69. The van der Waals surface area contributed by atoms with Gasteiger partial charge in [0.2, 0.25) is 5.91 Å². The Morgan fingerprint density at radius 1 is 1.32 bits per heavy atom. The van der Waals surface area contributed by atoms with Crippen molar-refractivity contribution < 1.29 is 4.79 Å². The predicted molar refractivity (Wildman–Crippen MR) is 87.1 cm³/mol. The zero-order chi connectivity index (χ0) is 16.3. The normalized spacial score (nSPS) is 12.5. The molecule has 1 amide bonds. The number of hydrogen-bond donors (Lipinski definition) is 1. The van der Waals surface area contributed by atoms with Gasteiger partial charge in [-0.15, -0.1) is 0 Å². The first-order valence-electron chi connectivity index (χ1n) is 7.48. The van der Waals surface area contributed by atoms with Crippen molar-refractivity contribution in [2.24, 2.45) is 12.8 Å². The molecule has 1 heterocycles. The fourth-order valence-corrected chi connectivity index (χ4v) is 2.54. The molecule has 1 atom stereocenters. The Kier molecular flexibility index (Phi) is 4.98. The number of benzene rings is 1. The second kappa shape index (κ2) is 6.75.